The van der Waals surface area contributed by atoms with Crippen LogP contribution in [0.3, 0.4) is 0 Å². The van der Waals surface area contributed by atoms with E-state index < -0.39 is 0 Å². The molecule has 0 atom stereocenters. The number of carbonyl (C=O) groups excluding carboxylic acids is 1. The summed E-state index contributed by atoms with van der Waals surface area (Å²) in [4.78, 5) is 13.5. The molecule has 0 unspecified atom stereocenters. The number of hydrogen-bond acceptors (Lipinski definition) is 4. The summed E-state index contributed by atoms with van der Waals surface area (Å²) < 4.78 is 7.66. The Kier molecular flexibility index (Phi) is 4.14. The SMILES string of the molecule is CCNc1nn(C2CCOCC2)c2c1CN(C(C)=O)CC2. The van der Waals surface area contributed by atoms with E-state index in [0.29, 0.717) is 12.6 Å². The molecule has 6 nitrogen and oxygen atoms in total. The highest BCUT2D eigenvalue weighted by Gasteiger charge is 2.29. The monoisotopic (exact) mass is 292 g/mol. The van der Waals surface area contributed by atoms with Gasteiger partial charge in [0.2, 0.25) is 5.91 Å². The fourth-order valence-electron chi connectivity index (χ4n) is 3.26. The number of amides is 1. The molecule has 2 aliphatic heterocycles. The normalized spacial score (nSPS) is 19.4. The average molecular weight is 292 g/mol. The zero-order valence-electron chi connectivity index (χ0n) is 12.9. The van der Waals surface area contributed by atoms with Crippen molar-refractivity contribution >= 4 is 11.7 Å². The van der Waals surface area contributed by atoms with Gasteiger partial charge >= 0.3 is 0 Å². The number of nitrogens with one attached hydrogen (secondary N) is 1. The number of rotatable bonds is 3. The van der Waals surface area contributed by atoms with Crippen molar-refractivity contribution in [1.29, 1.82) is 0 Å². The van der Waals surface area contributed by atoms with Gasteiger partial charge in [0, 0.05) is 50.9 Å². The maximum atomic E-state index is 11.6. The Hall–Kier alpha value is -1.56. The summed E-state index contributed by atoms with van der Waals surface area (Å²) in [7, 11) is 0. The van der Waals surface area contributed by atoms with Crippen molar-refractivity contribution in [3.63, 3.8) is 0 Å². The number of fused-ring (bicyclic) bond motifs is 1. The lowest BCUT2D eigenvalue weighted by Crippen LogP contribution is -2.35. The number of aromatic nitrogens is 2. The van der Waals surface area contributed by atoms with Crippen LogP contribution >= 0.6 is 0 Å². The molecule has 1 saturated heterocycles. The van der Waals surface area contributed by atoms with Gasteiger partial charge in [-0.1, -0.05) is 0 Å². The van der Waals surface area contributed by atoms with Gasteiger partial charge < -0.3 is 15.0 Å². The minimum atomic E-state index is 0.141. The first-order chi connectivity index (χ1) is 10.2. The van der Waals surface area contributed by atoms with Crippen LogP contribution in [0.2, 0.25) is 0 Å². The van der Waals surface area contributed by atoms with Crippen LogP contribution in [0, 0.1) is 0 Å². The minimum absolute atomic E-state index is 0.141. The molecule has 1 amide bonds. The molecule has 3 heterocycles. The predicted molar refractivity (Wildman–Crippen MR) is 80.3 cm³/mol. The lowest BCUT2D eigenvalue weighted by atomic mass is 10.0. The average Bonchev–Trinajstić information content (AvgIpc) is 2.87. The van der Waals surface area contributed by atoms with E-state index in [1.807, 2.05) is 4.90 Å². The zero-order chi connectivity index (χ0) is 14.8. The van der Waals surface area contributed by atoms with Crippen LogP contribution in [0.25, 0.3) is 0 Å². The summed E-state index contributed by atoms with van der Waals surface area (Å²) in [6.45, 7) is 7.66. The number of nitrogens with zero attached hydrogens (tertiary/aromatic N) is 3. The van der Waals surface area contributed by atoms with Crippen LogP contribution in [-0.4, -0.2) is 46.9 Å². The van der Waals surface area contributed by atoms with E-state index in [1.54, 1.807) is 6.92 Å². The van der Waals surface area contributed by atoms with Crippen molar-refractivity contribution in [2.75, 3.05) is 31.6 Å². The summed E-state index contributed by atoms with van der Waals surface area (Å²) in [5.74, 6) is 1.09. The van der Waals surface area contributed by atoms with Crippen molar-refractivity contribution in [1.82, 2.24) is 14.7 Å². The van der Waals surface area contributed by atoms with Crippen molar-refractivity contribution in [2.45, 2.75) is 45.7 Å². The van der Waals surface area contributed by atoms with E-state index in [1.165, 1.54) is 11.3 Å². The van der Waals surface area contributed by atoms with Crippen LogP contribution in [0.1, 0.15) is 44.0 Å². The number of carbonyl (C=O) groups is 1. The molecule has 0 aromatic carbocycles. The second-order valence-corrected chi connectivity index (χ2v) is 5.78. The molecule has 0 spiro atoms. The van der Waals surface area contributed by atoms with Gasteiger partial charge in [-0.3, -0.25) is 9.48 Å². The number of ether oxygens (including phenoxy) is 1. The van der Waals surface area contributed by atoms with Crippen LogP contribution in [0.15, 0.2) is 0 Å². The Morgan fingerprint density at radius 3 is 2.86 bits per heavy atom. The number of hydrogen-bond donors (Lipinski definition) is 1. The van der Waals surface area contributed by atoms with Crippen LogP contribution in [-0.2, 0) is 22.5 Å². The van der Waals surface area contributed by atoms with Crippen LogP contribution < -0.4 is 5.32 Å². The first-order valence-corrected chi connectivity index (χ1v) is 7.88. The topological polar surface area (TPSA) is 59.4 Å². The summed E-state index contributed by atoms with van der Waals surface area (Å²) in [5.41, 5.74) is 2.50. The third-order valence-electron chi connectivity index (χ3n) is 4.41. The van der Waals surface area contributed by atoms with Gasteiger partial charge in [0.1, 0.15) is 0 Å². The minimum Gasteiger partial charge on any atom is -0.381 e. The lowest BCUT2D eigenvalue weighted by molar-refractivity contribution is -0.129. The summed E-state index contributed by atoms with van der Waals surface area (Å²) in [6, 6.07) is 0.434. The Balaban J connectivity index is 1.92. The molecule has 0 saturated carbocycles. The third-order valence-corrected chi connectivity index (χ3v) is 4.41. The van der Waals surface area contributed by atoms with Crippen LogP contribution in [0.5, 0.6) is 0 Å². The second-order valence-electron chi connectivity index (χ2n) is 5.78. The predicted octanol–water partition coefficient (Wildman–Crippen LogP) is 1.57. The van der Waals surface area contributed by atoms with Crippen molar-refractivity contribution < 1.29 is 9.53 Å². The number of anilines is 1. The molecular formula is C15H24N4O2. The molecule has 1 N–H and O–H groups in total. The molecule has 0 radical (unpaired) electrons. The largest absolute Gasteiger partial charge is 0.381 e. The zero-order valence-corrected chi connectivity index (χ0v) is 12.9. The van der Waals surface area contributed by atoms with E-state index >= 15 is 0 Å². The molecule has 0 aliphatic carbocycles. The van der Waals surface area contributed by atoms with Gasteiger partial charge in [0.25, 0.3) is 0 Å². The maximum Gasteiger partial charge on any atom is 0.219 e. The molecule has 1 aromatic heterocycles. The van der Waals surface area contributed by atoms with Gasteiger partial charge in [-0.2, -0.15) is 5.10 Å². The lowest BCUT2D eigenvalue weighted by Gasteiger charge is -2.29. The highest BCUT2D eigenvalue weighted by molar-refractivity contribution is 5.74. The molecule has 0 bridgehead atoms. The van der Waals surface area contributed by atoms with Crippen LogP contribution in [0.4, 0.5) is 5.82 Å². The summed E-state index contributed by atoms with van der Waals surface area (Å²) >= 11 is 0. The highest BCUT2D eigenvalue weighted by atomic mass is 16.5. The molecular weight excluding hydrogens is 268 g/mol. The molecule has 6 heteroatoms. The van der Waals surface area contributed by atoms with Crippen molar-refractivity contribution in [3.8, 4) is 0 Å². The first-order valence-electron chi connectivity index (χ1n) is 7.88. The summed E-state index contributed by atoms with van der Waals surface area (Å²) in [6.07, 6.45) is 2.94. The van der Waals surface area contributed by atoms with Gasteiger partial charge in [0.05, 0.1) is 12.6 Å². The quantitative estimate of drug-likeness (QED) is 0.918. The van der Waals surface area contributed by atoms with E-state index in [0.717, 1.165) is 51.4 Å². The summed E-state index contributed by atoms with van der Waals surface area (Å²) in [5, 5.41) is 8.16. The molecule has 1 fully saturated rings. The van der Waals surface area contributed by atoms with Crippen molar-refractivity contribution in [3.05, 3.63) is 11.3 Å². The highest BCUT2D eigenvalue weighted by Crippen LogP contribution is 2.31. The maximum absolute atomic E-state index is 11.6. The van der Waals surface area contributed by atoms with E-state index in [2.05, 4.69) is 16.9 Å². The fraction of sp³-hybridized carbons (Fsp3) is 0.733. The molecule has 2 aliphatic rings. The first kappa shape index (κ1) is 14.4. The smallest absolute Gasteiger partial charge is 0.219 e. The Morgan fingerprint density at radius 2 is 2.19 bits per heavy atom. The Bertz CT molecular complexity index is 520. The van der Waals surface area contributed by atoms with Crippen molar-refractivity contribution in [2.24, 2.45) is 0 Å². The molecule has 3 rings (SSSR count). The molecule has 1 aromatic rings. The van der Waals surface area contributed by atoms with E-state index in [9.17, 15) is 4.79 Å². The van der Waals surface area contributed by atoms with E-state index in [-0.39, 0.29) is 5.91 Å². The Morgan fingerprint density at radius 1 is 1.43 bits per heavy atom. The van der Waals surface area contributed by atoms with Gasteiger partial charge in [-0.25, -0.2) is 0 Å². The van der Waals surface area contributed by atoms with Gasteiger partial charge in [-0.05, 0) is 19.8 Å². The second kappa shape index (κ2) is 6.05. The van der Waals surface area contributed by atoms with Gasteiger partial charge in [-0.15, -0.1) is 0 Å². The Labute approximate surface area is 125 Å². The third kappa shape index (κ3) is 2.77. The standard InChI is InChI=1S/C15H24N4O2/c1-3-16-15-13-10-18(11(2)20)7-4-14(13)19(17-15)12-5-8-21-9-6-12/h12H,3-10H2,1-2H3,(H,16,17). The van der Waals surface area contributed by atoms with E-state index in [4.69, 9.17) is 9.84 Å². The van der Waals surface area contributed by atoms with Gasteiger partial charge in [0.15, 0.2) is 5.82 Å². The molecule has 21 heavy (non-hydrogen) atoms. The molecule has 116 valence electrons. The fourth-order valence-corrected chi connectivity index (χ4v) is 3.26.